The summed E-state index contributed by atoms with van der Waals surface area (Å²) in [5.74, 6) is 0. The largest absolute Gasteiger partial charge is 0.264 e. The van der Waals surface area contributed by atoms with E-state index in [1.54, 1.807) is 11.3 Å². The first-order valence-corrected chi connectivity index (χ1v) is 7.02. The molecule has 2 aromatic carbocycles. The summed E-state index contributed by atoms with van der Waals surface area (Å²) in [4.78, 5) is 4.01. The van der Waals surface area contributed by atoms with Crippen LogP contribution in [-0.2, 0) is 0 Å². The first kappa shape index (κ1) is 11.9. The van der Waals surface area contributed by atoms with Gasteiger partial charge in [0.1, 0.15) is 0 Å². The first-order valence-electron chi connectivity index (χ1n) is 6.14. The lowest BCUT2D eigenvalue weighted by molar-refractivity contribution is 1.36. The van der Waals surface area contributed by atoms with Gasteiger partial charge in [0, 0.05) is 17.1 Å². The van der Waals surface area contributed by atoms with Crippen LogP contribution in [0.15, 0.2) is 78.4 Å². The molecule has 0 spiro atoms. The molecule has 2 aromatic heterocycles. The standard InChI is InChI=1S/C9H7N.C8H6S/c1-2-4-9-7-10-6-5-8(9)3-1;1-2-4-8-7(3-1)5-6-9-8/h1-7H;1-6H. The maximum Gasteiger partial charge on any atom is 0.0346 e. The van der Waals surface area contributed by atoms with Crippen molar-refractivity contribution in [1.82, 2.24) is 4.98 Å². The lowest BCUT2D eigenvalue weighted by Crippen LogP contribution is -1.71. The molecule has 0 saturated carbocycles. The molecule has 0 aliphatic carbocycles. The number of pyridine rings is 1. The number of fused-ring (bicyclic) bond motifs is 2. The fourth-order valence-electron chi connectivity index (χ4n) is 1.93. The Bertz CT molecular complexity index is 693. The first-order chi connectivity index (χ1) is 9.43. The smallest absolute Gasteiger partial charge is 0.0346 e. The van der Waals surface area contributed by atoms with Crippen LogP contribution in [0.3, 0.4) is 0 Å². The third-order valence-corrected chi connectivity index (χ3v) is 3.81. The second-order valence-corrected chi connectivity index (χ2v) is 5.13. The van der Waals surface area contributed by atoms with Crippen molar-refractivity contribution in [2.24, 2.45) is 0 Å². The molecule has 0 unspecified atom stereocenters. The zero-order valence-electron chi connectivity index (χ0n) is 10.4. The summed E-state index contributed by atoms with van der Waals surface area (Å²) >= 11 is 1.79. The molecule has 0 fully saturated rings. The molecule has 0 bridgehead atoms. The highest BCUT2D eigenvalue weighted by molar-refractivity contribution is 7.17. The molecule has 19 heavy (non-hydrogen) atoms. The highest BCUT2D eigenvalue weighted by Gasteiger charge is 1.88. The van der Waals surface area contributed by atoms with Gasteiger partial charge in [-0.3, -0.25) is 4.98 Å². The fraction of sp³-hybridized carbons (Fsp3) is 0. The molecule has 92 valence electrons. The average molecular weight is 263 g/mol. The Morgan fingerprint density at radius 3 is 2.21 bits per heavy atom. The Labute approximate surface area is 116 Å². The van der Waals surface area contributed by atoms with Crippen LogP contribution in [-0.4, -0.2) is 4.98 Å². The molecule has 1 nitrogen and oxygen atoms in total. The molecular weight excluding hydrogens is 250 g/mol. The van der Waals surface area contributed by atoms with Crippen LogP contribution in [0.25, 0.3) is 20.9 Å². The van der Waals surface area contributed by atoms with Crippen LogP contribution in [0.4, 0.5) is 0 Å². The summed E-state index contributed by atoms with van der Waals surface area (Å²) in [7, 11) is 0. The monoisotopic (exact) mass is 263 g/mol. The van der Waals surface area contributed by atoms with E-state index in [0.717, 1.165) is 0 Å². The number of hydrogen-bond acceptors (Lipinski definition) is 2. The number of benzene rings is 2. The molecule has 0 aliphatic rings. The molecule has 0 atom stereocenters. The SMILES string of the molecule is c1ccc2cnccc2c1.c1ccc2sccc2c1. The number of thiophene rings is 1. The van der Waals surface area contributed by atoms with Crippen molar-refractivity contribution in [2.75, 3.05) is 0 Å². The fourth-order valence-corrected chi connectivity index (χ4v) is 2.72. The molecule has 2 heterocycles. The van der Waals surface area contributed by atoms with Crippen LogP contribution >= 0.6 is 11.3 Å². The van der Waals surface area contributed by atoms with Crippen molar-refractivity contribution in [1.29, 1.82) is 0 Å². The second-order valence-electron chi connectivity index (χ2n) is 4.18. The van der Waals surface area contributed by atoms with E-state index in [2.05, 4.69) is 52.8 Å². The maximum absolute atomic E-state index is 4.01. The van der Waals surface area contributed by atoms with Crippen molar-refractivity contribution in [2.45, 2.75) is 0 Å². The van der Waals surface area contributed by atoms with Crippen LogP contribution in [0, 0.1) is 0 Å². The normalized spacial score (nSPS) is 10.1. The van der Waals surface area contributed by atoms with Gasteiger partial charge in [-0.25, -0.2) is 0 Å². The van der Waals surface area contributed by atoms with Gasteiger partial charge in [0.15, 0.2) is 0 Å². The van der Waals surface area contributed by atoms with Gasteiger partial charge < -0.3 is 0 Å². The van der Waals surface area contributed by atoms with E-state index in [4.69, 9.17) is 0 Å². The van der Waals surface area contributed by atoms with E-state index in [1.807, 2.05) is 30.6 Å². The molecule has 4 rings (SSSR count). The Hall–Kier alpha value is -2.19. The zero-order valence-corrected chi connectivity index (χ0v) is 11.2. The van der Waals surface area contributed by atoms with Gasteiger partial charge >= 0.3 is 0 Å². The topological polar surface area (TPSA) is 12.9 Å². The summed E-state index contributed by atoms with van der Waals surface area (Å²) in [6.45, 7) is 0. The van der Waals surface area contributed by atoms with E-state index in [1.165, 1.54) is 20.9 Å². The lowest BCUT2D eigenvalue weighted by atomic mass is 10.2. The molecule has 4 aromatic rings. The zero-order chi connectivity index (χ0) is 12.9. The van der Waals surface area contributed by atoms with Crippen molar-refractivity contribution in [3.8, 4) is 0 Å². The van der Waals surface area contributed by atoms with Crippen molar-refractivity contribution in [3.63, 3.8) is 0 Å². The summed E-state index contributed by atoms with van der Waals surface area (Å²) in [5.41, 5.74) is 0. The summed E-state index contributed by atoms with van der Waals surface area (Å²) in [5, 5.41) is 5.91. The Morgan fingerprint density at radius 2 is 1.42 bits per heavy atom. The second kappa shape index (κ2) is 5.63. The van der Waals surface area contributed by atoms with Crippen LogP contribution in [0.5, 0.6) is 0 Å². The quantitative estimate of drug-likeness (QED) is 0.428. The molecule has 0 radical (unpaired) electrons. The predicted octanol–water partition coefficient (Wildman–Crippen LogP) is 5.14. The molecule has 0 saturated heterocycles. The summed E-state index contributed by atoms with van der Waals surface area (Å²) in [6.07, 6.45) is 3.68. The van der Waals surface area contributed by atoms with Crippen molar-refractivity contribution >= 4 is 32.2 Å². The summed E-state index contributed by atoms with van der Waals surface area (Å²) in [6, 6.07) is 20.7. The highest BCUT2D eigenvalue weighted by atomic mass is 32.1. The van der Waals surface area contributed by atoms with Gasteiger partial charge in [-0.2, -0.15) is 0 Å². The van der Waals surface area contributed by atoms with E-state index >= 15 is 0 Å². The van der Waals surface area contributed by atoms with Crippen molar-refractivity contribution in [3.05, 3.63) is 78.4 Å². The summed E-state index contributed by atoms with van der Waals surface area (Å²) < 4.78 is 1.37. The molecular formula is C17H13NS. The predicted molar refractivity (Wildman–Crippen MR) is 83.6 cm³/mol. The average Bonchev–Trinajstić information content (AvgIpc) is 2.96. The third kappa shape index (κ3) is 2.80. The highest BCUT2D eigenvalue weighted by Crippen LogP contribution is 2.18. The van der Waals surface area contributed by atoms with Crippen molar-refractivity contribution < 1.29 is 0 Å². The van der Waals surface area contributed by atoms with Crippen LogP contribution in [0.1, 0.15) is 0 Å². The Morgan fingerprint density at radius 1 is 0.684 bits per heavy atom. The van der Waals surface area contributed by atoms with Gasteiger partial charge in [0.05, 0.1) is 0 Å². The maximum atomic E-state index is 4.01. The molecule has 2 heteroatoms. The Balaban J connectivity index is 0.000000117. The van der Waals surface area contributed by atoms with Gasteiger partial charge in [-0.05, 0) is 39.7 Å². The van der Waals surface area contributed by atoms with E-state index in [0.29, 0.717) is 0 Å². The van der Waals surface area contributed by atoms with Gasteiger partial charge in [0.2, 0.25) is 0 Å². The number of rotatable bonds is 0. The molecule has 0 N–H and O–H groups in total. The van der Waals surface area contributed by atoms with Gasteiger partial charge in [-0.15, -0.1) is 11.3 Å². The minimum atomic E-state index is 1.20. The number of nitrogens with zero attached hydrogens (tertiary/aromatic N) is 1. The lowest BCUT2D eigenvalue weighted by Gasteiger charge is -1.91. The van der Waals surface area contributed by atoms with E-state index in [-0.39, 0.29) is 0 Å². The number of aromatic nitrogens is 1. The number of hydrogen-bond donors (Lipinski definition) is 0. The third-order valence-electron chi connectivity index (χ3n) is 2.91. The Kier molecular flexibility index (Phi) is 3.52. The van der Waals surface area contributed by atoms with E-state index < -0.39 is 0 Å². The molecule has 0 amide bonds. The van der Waals surface area contributed by atoms with Crippen LogP contribution < -0.4 is 0 Å². The molecule has 0 aliphatic heterocycles. The van der Waals surface area contributed by atoms with E-state index in [9.17, 15) is 0 Å². The minimum absolute atomic E-state index is 1.20. The van der Waals surface area contributed by atoms with Gasteiger partial charge in [-0.1, -0.05) is 42.5 Å². The minimum Gasteiger partial charge on any atom is -0.264 e. The van der Waals surface area contributed by atoms with Gasteiger partial charge in [0.25, 0.3) is 0 Å². The van der Waals surface area contributed by atoms with Crippen LogP contribution in [0.2, 0.25) is 0 Å².